The van der Waals surface area contributed by atoms with Gasteiger partial charge in [-0.15, -0.1) is 11.8 Å². The fourth-order valence-electron chi connectivity index (χ4n) is 1.37. The third kappa shape index (κ3) is 3.36. The summed E-state index contributed by atoms with van der Waals surface area (Å²) in [7, 11) is 0. The number of nitrogens with two attached hydrogens (primary N) is 1. The maximum atomic E-state index is 6.08. The maximum Gasteiger partial charge on any atom is 0.140 e. The van der Waals surface area contributed by atoms with Crippen molar-refractivity contribution in [3.8, 4) is 0 Å². The number of halogens is 1. The summed E-state index contributed by atoms with van der Waals surface area (Å²) < 4.78 is 0. The van der Waals surface area contributed by atoms with Crippen LogP contribution < -0.4 is 11.3 Å². The monoisotopic (exact) mass is 265 g/mol. The predicted octanol–water partition coefficient (Wildman–Crippen LogP) is 3.31. The minimum atomic E-state index is 0.669. The number of nitrogens with zero attached hydrogens (tertiary/aromatic N) is 1. The van der Waals surface area contributed by atoms with Gasteiger partial charge in [0.25, 0.3) is 0 Å². The Labute approximate surface area is 109 Å². The topological polar surface area (TPSA) is 50.9 Å². The zero-order valence-electron chi connectivity index (χ0n) is 9.06. The van der Waals surface area contributed by atoms with Crippen molar-refractivity contribution in [2.45, 2.75) is 10.6 Å². The average molecular weight is 266 g/mol. The first kappa shape index (κ1) is 12.2. The lowest BCUT2D eigenvalue weighted by Crippen LogP contribution is -2.08. The Kier molecular flexibility index (Phi) is 4.25. The molecule has 5 heteroatoms. The van der Waals surface area contributed by atoms with Crippen LogP contribution in [0.5, 0.6) is 0 Å². The molecule has 17 heavy (non-hydrogen) atoms. The normalized spacial score (nSPS) is 10.2. The molecule has 0 fully saturated rings. The van der Waals surface area contributed by atoms with Gasteiger partial charge in [-0.25, -0.2) is 10.8 Å². The minimum absolute atomic E-state index is 0.669. The van der Waals surface area contributed by atoms with Crippen molar-refractivity contribution in [1.82, 2.24) is 4.98 Å². The van der Waals surface area contributed by atoms with Crippen molar-refractivity contribution in [1.29, 1.82) is 0 Å². The summed E-state index contributed by atoms with van der Waals surface area (Å²) in [6.07, 6.45) is 1.73. The second-order valence-corrected chi connectivity index (χ2v) is 4.84. The van der Waals surface area contributed by atoms with E-state index in [0.717, 1.165) is 21.2 Å². The molecule has 3 nitrogen and oxygen atoms in total. The quantitative estimate of drug-likeness (QED) is 0.506. The molecule has 0 radical (unpaired) electrons. The SMILES string of the molecule is NNc1cc(CSc2ccccc2Cl)ccn1. The van der Waals surface area contributed by atoms with Crippen molar-refractivity contribution < 1.29 is 0 Å². The van der Waals surface area contributed by atoms with E-state index in [-0.39, 0.29) is 0 Å². The number of benzene rings is 1. The first-order valence-electron chi connectivity index (χ1n) is 5.08. The van der Waals surface area contributed by atoms with Gasteiger partial charge in [-0.2, -0.15) is 0 Å². The van der Waals surface area contributed by atoms with Crippen molar-refractivity contribution in [2.75, 3.05) is 5.43 Å². The van der Waals surface area contributed by atoms with Gasteiger partial charge in [-0.05, 0) is 29.8 Å². The van der Waals surface area contributed by atoms with Crippen LogP contribution in [0.1, 0.15) is 5.56 Å². The van der Waals surface area contributed by atoms with Crippen LogP contribution in [0.4, 0.5) is 5.82 Å². The lowest BCUT2D eigenvalue weighted by molar-refractivity contribution is 1.20. The number of nitrogen functional groups attached to an aromatic ring is 1. The van der Waals surface area contributed by atoms with E-state index in [2.05, 4.69) is 10.4 Å². The summed E-state index contributed by atoms with van der Waals surface area (Å²) in [4.78, 5) is 5.14. The highest BCUT2D eigenvalue weighted by molar-refractivity contribution is 7.98. The largest absolute Gasteiger partial charge is 0.308 e. The van der Waals surface area contributed by atoms with Crippen LogP contribution in [-0.2, 0) is 5.75 Å². The van der Waals surface area contributed by atoms with Crippen LogP contribution in [0.2, 0.25) is 5.02 Å². The third-order valence-corrected chi connectivity index (χ3v) is 3.79. The van der Waals surface area contributed by atoms with Crippen LogP contribution in [-0.4, -0.2) is 4.98 Å². The molecule has 1 heterocycles. The predicted molar refractivity (Wildman–Crippen MR) is 73.1 cm³/mol. The number of aromatic nitrogens is 1. The smallest absolute Gasteiger partial charge is 0.140 e. The molecular formula is C12H12ClN3S. The maximum absolute atomic E-state index is 6.08. The first-order valence-corrected chi connectivity index (χ1v) is 6.45. The van der Waals surface area contributed by atoms with Crippen LogP contribution in [0.3, 0.4) is 0 Å². The van der Waals surface area contributed by atoms with E-state index < -0.39 is 0 Å². The van der Waals surface area contributed by atoms with Crippen LogP contribution in [0.25, 0.3) is 0 Å². The van der Waals surface area contributed by atoms with Gasteiger partial charge in [0, 0.05) is 16.8 Å². The van der Waals surface area contributed by atoms with E-state index in [0.29, 0.717) is 5.82 Å². The van der Waals surface area contributed by atoms with Gasteiger partial charge in [0.1, 0.15) is 5.82 Å². The fraction of sp³-hybridized carbons (Fsp3) is 0.0833. The average Bonchev–Trinajstić information content (AvgIpc) is 2.38. The van der Waals surface area contributed by atoms with Gasteiger partial charge in [-0.3, -0.25) is 0 Å². The van der Waals surface area contributed by atoms with Crippen molar-refractivity contribution in [2.24, 2.45) is 5.84 Å². The van der Waals surface area contributed by atoms with Crippen molar-refractivity contribution in [3.63, 3.8) is 0 Å². The van der Waals surface area contributed by atoms with Crippen LogP contribution in [0.15, 0.2) is 47.5 Å². The molecule has 0 saturated carbocycles. The second-order valence-electron chi connectivity index (χ2n) is 3.41. The summed E-state index contributed by atoms with van der Waals surface area (Å²) in [5.74, 6) is 6.81. The minimum Gasteiger partial charge on any atom is -0.308 e. The molecule has 1 aromatic heterocycles. The Balaban J connectivity index is 2.05. The van der Waals surface area contributed by atoms with E-state index in [1.165, 1.54) is 0 Å². The molecule has 0 atom stereocenters. The molecule has 2 rings (SSSR count). The number of hydrogen-bond acceptors (Lipinski definition) is 4. The van der Waals surface area contributed by atoms with E-state index in [9.17, 15) is 0 Å². The van der Waals surface area contributed by atoms with Gasteiger partial charge < -0.3 is 5.43 Å². The summed E-state index contributed by atoms with van der Waals surface area (Å²) in [5.41, 5.74) is 3.68. The molecule has 0 saturated heterocycles. The molecule has 0 unspecified atom stereocenters. The third-order valence-electron chi connectivity index (χ3n) is 2.20. The number of hydrazine groups is 1. The molecule has 0 spiro atoms. The Hall–Kier alpha value is -1.23. The van der Waals surface area contributed by atoms with Crippen molar-refractivity contribution in [3.05, 3.63) is 53.2 Å². The van der Waals surface area contributed by atoms with E-state index in [4.69, 9.17) is 17.4 Å². The lowest BCUT2D eigenvalue weighted by atomic mass is 10.3. The second kappa shape index (κ2) is 5.91. The van der Waals surface area contributed by atoms with Crippen LogP contribution in [0, 0.1) is 0 Å². The Morgan fingerprint density at radius 2 is 2.12 bits per heavy atom. The summed E-state index contributed by atoms with van der Waals surface area (Å²) in [5, 5.41) is 0.781. The molecule has 1 aromatic carbocycles. The van der Waals surface area contributed by atoms with Crippen molar-refractivity contribution >= 4 is 29.2 Å². The molecule has 0 aliphatic rings. The molecule has 0 amide bonds. The van der Waals surface area contributed by atoms with Gasteiger partial charge in [0.2, 0.25) is 0 Å². The zero-order chi connectivity index (χ0) is 12.1. The molecule has 0 aliphatic carbocycles. The Morgan fingerprint density at radius 1 is 1.29 bits per heavy atom. The highest BCUT2D eigenvalue weighted by Gasteiger charge is 2.01. The molecular weight excluding hydrogens is 254 g/mol. The summed E-state index contributed by atoms with van der Waals surface area (Å²) >= 11 is 7.77. The summed E-state index contributed by atoms with van der Waals surface area (Å²) in [6.45, 7) is 0. The highest BCUT2D eigenvalue weighted by Crippen LogP contribution is 2.29. The highest BCUT2D eigenvalue weighted by atomic mass is 35.5. The summed E-state index contributed by atoms with van der Waals surface area (Å²) in [6, 6.07) is 11.7. The number of pyridine rings is 1. The van der Waals surface area contributed by atoms with E-state index >= 15 is 0 Å². The standard InChI is InChI=1S/C12H12ClN3S/c13-10-3-1-2-4-11(10)17-8-9-5-6-15-12(7-9)16-14/h1-7H,8,14H2,(H,15,16). The van der Waals surface area contributed by atoms with E-state index in [1.54, 1.807) is 18.0 Å². The van der Waals surface area contributed by atoms with Gasteiger partial charge in [0.05, 0.1) is 5.02 Å². The molecule has 0 aliphatic heterocycles. The molecule has 3 N–H and O–H groups in total. The number of anilines is 1. The van der Waals surface area contributed by atoms with Gasteiger partial charge in [0.15, 0.2) is 0 Å². The molecule has 0 bridgehead atoms. The fourth-order valence-corrected chi connectivity index (χ4v) is 2.55. The molecule has 88 valence electrons. The first-order chi connectivity index (χ1) is 8.29. The Morgan fingerprint density at radius 3 is 2.88 bits per heavy atom. The number of thioether (sulfide) groups is 1. The number of nitrogens with one attached hydrogen (secondary N) is 1. The van der Waals surface area contributed by atoms with Gasteiger partial charge in [-0.1, -0.05) is 23.7 Å². The molecule has 2 aromatic rings. The Bertz CT molecular complexity index is 505. The lowest BCUT2D eigenvalue weighted by Gasteiger charge is -2.05. The van der Waals surface area contributed by atoms with E-state index in [1.807, 2.05) is 36.4 Å². The van der Waals surface area contributed by atoms with Gasteiger partial charge >= 0.3 is 0 Å². The number of hydrogen-bond donors (Lipinski definition) is 2. The zero-order valence-corrected chi connectivity index (χ0v) is 10.6. The van der Waals surface area contributed by atoms with Crippen LogP contribution >= 0.6 is 23.4 Å². The number of rotatable bonds is 4.